The van der Waals surface area contributed by atoms with Gasteiger partial charge in [0.2, 0.25) is 0 Å². The molecule has 4 heteroatoms. The molecule has 2 aliphatic carbocycles. The summed E-state index contributed by atoms with van der Waals surface area (Å²) in [6, 6.07) is 0. The van der Waals surface area contributed by atoms with Crippen molar-refractivity contribution in [3.8, 4) is 0 Å². The molecule has 0 aromatic rings. The van der Waals surface area contributed by atoms with Crippen molar-refractivity contribution >= 4 is 33.1 Å². The summed E-state index contributed by atoms with van der Waals surface area (Å²) in [5, 5.41) is 0. The van der Waals surface area contributed by atoms with Gasteiger partial charge in [-0.1, -0.05) is 52.7 Å². The highest BCUT2D eigenvalue weighted by atomic mass is 32.6. The van der Waals surface area contributed by atoms with Gasteiger partial charge >= 0.3 is 0 Å². The molecular weight excluding hydrogens is 280 g/mol. The van der Waals surface area contributed by atoms with Crippen molar-refractivity contribution < 1.29 is 0 Å². The van der Waals surface area contributed by atoms with Crippen LogP contribution in [-0.2, 0) is 0 Å². The molecule has 0 bridgehead atoms. The van der Waals surface area contributed by atoms with Crippen LogP contribution in [0.1, 0.15) is 45.4 Å². The van der Waals surface area contributed by atoms with Crippen molar-refractivity contribution in [2.24, 2.45) is 5.92 Å². The zero-order valence-corrected chi connectivity index (χ0v) is 14.9. The second-order valence-electron chi connectivity index (χ2n) is 5.15. The molecule has 0 N–H and O–H groups in total. The number of hydrogen-bond acceptors (Lipinski definition) is 0. The molecule has 0 saturated carbocycles. The molecule has 0 fully saturated rings. The van der Waals surface area contributed by atoms with Crippen LogP contribution in [0.3, 0.4) is 0 Å². The lowest BCUT2D eigenvalue weighted by molar-refractivity contribution is 0.422. The number of unbranched alkanes of at least 4 members (excludes halogenated alkanes) is 1. The Morgan fingerprint density at radius 1 is 1.47 bits per heavy atom. The van der Waals surface area contributed by atoms with Crippen molar-refractivity contribution in [3.63, 3.8) is 0 Å². The fraction of sp³-hybridized carbons (Fsp3) is 0.692. The van der Waals surface area contributed by atoms with E-state index in [1.54, 1.807) is 11.1 Å². The maximum Gasteiger partial charge on any atom is -0.00641 e. The van der Waals surface area contributed by atoms with Gasteiger partial charge in [0, 0.05) is 0 Å². The molecule has 17 heavy (non-hydrogen) atoms. The summed E-state index contributed by atoms with van der Waals surface area (Å²) < 4.78 is 0. The number of allylic oxidation sites excluding steroid dienone is 4. The monoisotopic (exact) mass is 304 g/mol. The van der Waals surface area contributed by atoms with E-state index in [4.69, 9.17) is 0 Å². The molecule has 0 radical (unpaired) electrons. The molecule has 2 aliphatic rings. The molecule has 0 aromatic heterocycles. The number of rotatable bonds is 5. The summed E-state index contributed by atoms with van der Waals surface area (Å²) >= 11 is 0. The first kappa shape index (κ1) is 14.6. The SMILES string of the molecule is CCCC[C@H]1CC2=C(C=CC2)C[C@H]1P(P)PP. The van der Waals surface area contributed by atoms with Gasteiger partial charge in [-0.15, -0.1) is 17.9 Å². The maximum atomic E-state index is 3.17. The quantitative estimate of drug-likeness (QED) is 0.557. The molecule has 0 saturated heterocycles. The first-order valence-electron chi connectivity index (χ1n) is 6.63. The summed E-state index contributed by atoms with van der Waals surface area (Å²) in [4.78, 5) is 0. The van der Waals surface area contributed by atoms with E-state index >= 15 is 0 Å². The lowest BCUT2D eigenvalue weighted by atomic mass is 9.82. The molecule has 0 spiro atoms. The van der Waals surface area contributed by atoms with E-state index in [9.17, 15) is 0 Å². The summed E-state index contributed by atoms with van der Waals surface area (Å²) in [7, 11) is 7.37. The fourth-order valence-corrected chi connectivity index (χ4v) is 8.59. The predicted octanol–water partition coefficient (Wildman–Crippen LogP) is 5.87. The Morgan fingerprint density at radius 2 is 2.29 bits per heavy atom. The third-order valence-electron chi connectivity index (χ3n) is 4.05. The molecule has 0 nitrogen and oxygen atoms in total. The minimum Gasteiger partial charge on any atom is -0.110 e. The van der Waals surface area contributed by atoms with Crippen LogP contribution in [0.15, 0.2) is 23.3 Å². The largest absolute Gasteiger partial charge is 0.110 e. The molecule has 0 aliphatic heterocycles. The average molecular weight is 304 g/mol. The second kappa shape index (κ2) is 7.11. The molecule has 96 valence electrons. The van der Waals surface area contributed by atoms with Crippen molar-refractivity contribution in [2.75, 3.05) is 0 Å². The highest BCUT2D eigenvalue weighted by Crippen LogP contribution is 2.72. The smallest absolute Gasteiger partial charge is 0.00641 e. The van der Waals surface area contributed by atoms with Crippen LogP contribution in [0.25, 0.3) is 0 Å². The van der Waals surface area contributed by atoms with Crippen molar-refractivity contribution in [3.05, 3.63) is 23.3 Å². The number of hydrogen-bond donors (Lipinski definition) is 0. The Kier molecular flexibility index (Phi) is 6.11. The van der Waals surface area contributed by atoms with Crippen LogP contribution in [0, 0.1) is 5.92 Å². The zero-order chi connectivity index (χ0) is 12.3. The van der Waals surface area contributed by atoms with E-state index in [1.807, 2.05) is 0 Å². The highest BCUT2D eigenvalue weighted by Gasteiger charge is 2.32. The van der Waals surface area contributed by atoms with E-state index in [0.717, 1.165) is 19.5 Å². The van der Waals surface area contributed by atoms with Crippen LogP contribution in [-0.4, -0.2) is 5.66 Å². The lowest BCUT2D eigenvalue weighted by Crippen LogP contribution is -2.22. The van der Waals surface area contributed by atoms with E-state index in [0.29, 0.717) is 0 Å². The van der Waals surface area contributed by atoms with Crippen LogP contribution < -0.4 is 0 Å². The minimum atomic E-state index is 0.163. The molecule has 0 heterocycles. The third kappa shape index (κ3) is 3.61. The molecule has 6 atom stereocenters. The predicted molar refractivity (Wildman–Crippen MR) is 91.5 cm³/mol. The van der Waals surface area contributed by atoms with E-state index in [-0.39, 0.29) is 7.30 Å². The molecule has 0 amide bonds. The van der Waals surface area contributed by atoms with Crippen molar-refractivity contribution in [1.82, 2.24) is 0 Å². The Bertz CT molecular complexity index is 321. The van der Waals surface area contributed by atoms with Gasteiger partial charge in [0.05, 0.1) is 0 Å². The Balaban J connectivity index is 2.06. The second-order valence-corrected chi connectivity index (χ2v) is 14.8. The van der Waals surface area contributed by atoms with E-state index in [1.165, 1.54) is 38.5 Å². The van der Waals surface area contributed by atoms with Crippen LogP contribution >= 0.6 is 33.1 Å². The van der Waals surface area contributed by atoms with Gasteiger partial charge in [0.25, 0.3) is 0 Å². The van der Waals surface area contributed by atoms with E-state index < -0.39 is 0 Å². The van der Waals surface area contributed by atoms with Gasteiger partial charge < -0.3 is 0 Å². The minimum absolute atomic E-state index is 0.163. The molecular formula is C13H24P4. The maximum absolute atomic E-state index is 3.17. The van der Waals surface area contributed by atoms with Crippen molar-refractivity contribution in [2.45, 2.75) is 51.1 Å². The Hall–Kier alpha value is 1.20. The van der Waals surface area contributed by atoms with Crippen LogP contribution in [0.4, 0.5) is 0 Å². The summed E-state index contributed by atoms with van der Waals surface area (Å²) in [6.07, 6.45) is 13.0. The van der Waals surface area contributed by atoms with Gasteiger partial charge in [0.15, 0.2) is 0 Å². The summed E-state index contributed by atoms with van der Waals surface area (Å²) in [6.45, 7) is 2.32. The molecule has 2 rings (SSSR count). The lowest BCUT2D eigenvalue weighted by Gasteiger charge is -2.36. The molecule has 4 unspecified atom stereocenters. The van der Waals surface area contributed by atoms with Gasteiger partial charge in [-0.25, -0.2) is 0 Å². The van der Waals surface area contributed by atoms with Gasteiger partial charge in [-0.3, -0.25) is 0 Å². The Morgan fingerprint density at radius 3 is 3.00 bits per heavy atom. The fourth-order valence-electron chi connectivity index (χ4n) is 3.05. The zero-order valence-electron chi connectivity index (χ0n) is 10.7. The summed E-state index contributed by atoms with van der Waals surface area (Å²) in [5.41, 5.74) is 4.43. The standard InChI is InChI=1S/C13H24P4/c1-2-3-5-12-8-10-6-4-7-11(10)9-13(12)17(15)16-14/h4,7,12-13,16H,2-3,5-6,8-9,14-15H2,1H3/t12-,13+,17?/m0/s1. The first-order valence-corrected chi connectivity index (χ1v) is 13.3. The van der Waals surface area contributed by atoms with Gasteiger partial charge in [-0.05, 0) is 42.8 Å². The van der Waals surface area contributed by atoms with Gasteiger partial charge in [-0.2, -0.15) is 0 Å². The van der Waals surface area contributed by atoms with Gasteiger partial charge in [0.1, 0.15) is 0 Å². The van der Waals surface area contributed by atoms with Crippen LogP contribution in [0.2, 0.25) is 0 Å². The third-order valence-corrected chi connectivity index (χ3v) is 15.4. The average Bonchev–Trinajstić information content (AvgIpc) is 2.81. The summed E-state index contributed by atoms with van der Waals surface area (Å²) in [5.74, 6) is 0.977. The first-order chi connectivity index (χ1) is 8.26. The Labute approximate surface area is 113 Å². The van der Waals surface area contributed by atoms with Crippen molar-refractivity contribution in [1.29, 1.82) is 0 Å². The molecule has 0 aromatic carbocycles. The normalized spacial score (nSPS) is 30.3. The highest BCUT2D eigenvalue weighted by molar-refractivity contribution is 8.61. The van der Waals surface area contributed by atoms with Crippen LogP contribution in [0.5, 0.6) is 0 Å². The topological polar surface area (TPSA) is 0 Å². The van der Waals surface area contributed by atoms with E-state index in [2.05, 4.69) is 36.9 Å².